The summed E-state index contributed by atoms with van der Waals surface area (Å²) in [6.45, 7) is 2.89. The van der Waals surface area contributed by atoms with Crippen LogP contribution in [0, 0.1) is 0 Å². The van der Waals surface area contributed by atoms with E-state index in [2.05, 4.69) is 29.2 Å². The van der Waals surface area contributed by atoms with Crippen molar-refractivity contribution in [2.75, 3.05) is 26.2 Å². The molecule has 1 aliphatic heterocycles. The van der Waals surface area contributed by atoms with Crippen molar-refractivity contribution in [3.63, 3.8) is 0 Å². The van der Waals surface area contributed by atoms with E-state index in [1.54, 1.807) is 6.20 Å². The molecule has 1 amide bonds. The lowest BCUT2D eigenvalue weighted by molar-refractivity contribution is -0.0167. The van der Waals surface area contributed by atoms with E-state index in [1.807, 2.05) is 46.3 Å². The Hall–Kier alpha value is -2.96. The van der Waals surface area contributed by atoms with E-state index in [0.717, 1.165) is 17.7 Å². The van der Waals surface area contributed by atoms with Crippen molar-refractivity contribution >= 4 is 5.91 Å². The molecule has 1 aromatic heterocycles. The summed E-state index contributed by atoms with van der Waals surface area (Å²) in [5, 5.41) is 0. The maximum Gasteiger partial charge on any atom is 0.254 e. The summed E-state index contributed by atoms with van der Waals surface area (Å²) in [6, 6.07) is 16.2. The number of amides is 1. The Morgan fingerprint density at radius 3 is 2.79 bits per heavy atom. The number of hydrogen-bond acceptors (Lipinski definition) is 4. The zero-order chi connectivity index (χ0) is 19.3. The lowest BCUT2D eigenvalue weighted by Crippen LogP contribution is -2.48. The van der Waals surface area contributed by atoms with Crippen LogP contribution in [0.2, 0.25) is 0 Å². The van der Waals surface area contributed by atoms with E-state index in [4.69, 9.17) is 10.5 Å². The minimum Gasteiger partial charge on any atom is -0.373 e. The Labute approximate surface area is 164 Å². The molecule has 1 atom stereocenters. The number of aromatic nitrogens is 2. The number of carbonyl (C=O) groups excluding carboxylic acids is 1. The lowest BCUT2D eigenvalue weighted by atomic mass is 10.0. The van der Waals surface area contributed by atoms with Gasteiger partial charge in [0.15, 0.2) is 0 Å². The third kappa shape index (κ3) is 4.13. The van der Waals surface area contributed by atoms with Crippen molar-refractivity contribution in [3.8, 4) is 11.1 Å². The smallest absolute Gasteiger partial charge is 0.254 e. The molecule has 0 unspecified atom stereocenters. The molecular formula is C22H24N4O2. The quantitative estimate of drug-likeness (QED) is 0.742. The molecule has 0 saturated carbocycles. The second-order valence-corrected chi connectivity index (χ2v) is 6.99. The zero-order valence-corrected chi connectivity index (χ0v) is 15.7. The minimum atomic E-state index is -0.0797. The topological polar surface area (TPSA) is 73.4 Å². The van der Waals surface area contributed by atoms with Crippen molar-refractivity contribution in [2.24, 2.45) is 5.73 Å². The Kier molecular flexibility index (Phi) is 5.50. The Bertz CT molecular complexity index is 922. The molecule has 4 rings (SSSR count). The first-order valence-electron chi connectivity index (χ1n) is 9.49. The first-order chi connectivity index (χ1) is 13.7. The second-order valence-electron chi connectivity index (χ2n) is 6.99. The molecule has 1 saturated heterocycles. The maximum absolute atomic E-state index is 12.9. The van der Waals surface area contributed by atoms with Crippen LogP contribution < -0.4 is 5.73 Å². The highest BCUT2D eigenvalue weighted by molar-refractivity contribution is 5.95. The number of benzene rings is 2. The molecule has 2 aromatic carbocycles. The monoisotopic (exact) mass is 376 g/mol. The second kappa shape index (κ2) is 8.37. The van der Waals surface area contributed by atoms with E-state index in [0.29, 0.717) is 31.8 Å². The SMILES string of the molecule is NC[C@H]1CN(C(=O)c2cccc(-c3ccc(Cn4ccnc4)cc3)c2)CCO1. The predicted octanol–water partition coefficient (Wildman–Crippen LogP) is 2.40. The number of hydrogen-bond donors (Lipinski definition) is 1. The summed E-state index contributed by atoms with van der Waals surface area (Å²) < 4.78 is 7.59. The van der Waals surface area contributed by atoms with Gasteiger partial charge in [0.2, 0.25) is 0 Å². The molecule has 6 nitrogen and oxygen atoms in total. The van der Waals surface area contributed by atoms with Crippen molar-refractivity contribution in [3.05, 3.63) is 78.4 Å². The number of nitrogens with two attached hydrogens (primary N) is 1. The molecule has 28 heavy (non-hydrogen) atoms. The molecule has 3 aromatic rings. The van der Waals surface area contributed by atoms with Crippen molar-refractivity contribution < 1.29 is 9.53 Å². The highest BCUT2D eigenvalue weighted by Crippen LogP contribution is 2.22. The van der Waals surface area contributed by atoms with Gasteiger partial charge in [0.1, 0.15) is 0 Å². The first kappa shape index (κ1) is 18.4. The van der Waals surface area contributed by atoms with Crippen LogP contribution in [0.3, 0.4) is 0 Å². The summed E-state index contributed by atoms with van der Waals surface area (Å²) in [4.78, 5) is 18.8. The fourth-order valence-electron chi connectivity index (χ4n) is 3.45. The lowest BCUT2D eigenvalue weighted by Gasteiger charge is -2.32. The van der Waals surface area contributed by atoms with Gasteiger partial charge in [0, 0.05) is 44.1 Å². The third-order valence-electron chi connectivity index (χ3n) is 5.01. The average molecular weight is 376 g/mol. The number of ether oxygens (including phenoxy) is 1. The van der Waals surface area contributed by atoms with Gasteiger partial charge in [0.25, 0.3) is 5.91 Å². The van der Waals surface area contributed by atoms with Crippen LogP contribution in [0.1, 0.15) is 15.9 Å². The molecule has 2 heterocycles. The van der Waals surface area contributed by atoms with Crippen molar-refractivity contribution in [2.45, 2.75) is 12.6 Å². The molecular weight excluding hydrogens is 352 g/mol. The van der Waals surface area contributed by atoms with E-state index >= 15 is 0 Å². The van der Waals surface area contributed by atoms with Gasteiger partial charge in [-0.3, -0.25) is 4.79 Å². The van der Waals surface area contributed by atoms with Gasteiger partial charge in [-0.05, 0) is 28.8 Å². The summed E-state index contributed by atoms with van der Waals surface area (Å²) in [5.41, 5.74) is 9.71. The summed E-state index contributed by atoms with van der Waals surface area (Å²) in [6.07, 6.45) is 5.46. The predicted molar refractivity (Wildman–Crippen MR) is 108 cm³/mol. The number of carbonyl (C=O) groups is 1. The van der Waals surface area contributed by atoms with Crippen LogP contribution in [0.5, 0.6) is 0 Å². The van der Waals surface area contributed by atoms with Gasteiger partial charge < -0.3 is 19.9 Å². The highest BCUT2D eigenvalue weighted by atomic mass is 16.5. The maximum atomic E-state index is 12.9. The van der Waals surface area contributed by atoms with Crippen LogP contribution in [-0.4, -0.2) is 52.7 Å². The highest BCUT2D eigenvalue weighted by Gasteiger charge is 2.24. The third-order valence-corrected chi connectivity index (χ3v) is 5.01. The van der Waals surface area contributed by atoms with Crippen LogP contribution in [0.4, 0.5) is 0 Å². The van der Waals surface area contributed by atoms with Gasteiger partial charge >= 0.3 is 0 Å². The van der Waals surface area contributed by atoms with Gasteiger partial charge in [-0.15, -0.1) is 0 Å². The number of nitrogens with zero attached hydrogens (tertiary/aromatic N) is 3. The van der Waals surface area contributed by atoms with Crippen molar-refractivity contribution in [1.29, 1.82) is 0 Å². The van der Waals surface area contributed by atoms with Crippen LogP contribution in [-0.2, 0) is 11.3 Å². The Balaban J connectivity index is 1.49. The van der Waals surface area contributed by atoms with Crippen LogP contribution in [0.25, 0.3) is 11.1 Å². The number of morpholine rings is 1. The van der Waals surface area contributed by atoms with Crippen LogP contribution >= 0.6 is 0 Å². The van der Waals surface area contributed by atoms with Gasteiger partial charge in [-0.25, -0.2) is 4.98 Å². The normalized spacial score (nSPS) is 16.9. The molecule has 0 radical (unpaired) electrons. The van der Waals surface area contributed by atoms with Gasteiger partial charge in [-0.1, -0.05) is 36.4 Å². The Morgan fingerprint density at radius 1 is 1.18 bits per heavy atom. The largest absolute Gasteiger partial charge is 0.373 e. The first-order valence-corrected chi connectivity index (χ1v) is 9.49. The summed E-state index contributed by atoms with van der Waals surface area (Å²) in [7, 11) is 0. The fraction of sp³-hybridized carbons (Fsp3) is 0.273. The summed E-state index contributed by atoms with van der Waals surface area (Å²) >= 11 is 0. The van der Waals surface area contributed by atoms with E-state index in [1.165, 1.54) is 5.56 Å². The van der Waals surface area contributed by atoms with E-state index < -0.39 is 0 Å². The molecule has 2 N–H and O–H groups in total. The Morgan fingerprint density at radius 2 is 2.04 bits per heavy atom. The molecule has 6 heteroatoms. The molecule has 0 spiro atoms. The number of rotatable bonds is 5. The molecule has 1 fully saturated rings. The molecule has 0 aliphatic carbocycles. The van der Waals surface area contributed by atoms with E-state index in [-0.39, 0.29) is 12.0 Å². The molecule has 1 aliphatic rings. The summed E-state index contributed by atoms with van der Waals surface area (Å²) in [5.74, 6) is 0.0281. The zero-order valence-electron chi connectivity index (χ0n) is 15.7. The standard InChI is InChI=1S/C22H24N4O2/c23-13-21-15-26(10-11-28-21)22(27)20-3-1-2-19(12-20)18-6-4-17(5-7-18)14-25-9-8-24-16-25/h1-9,12,16,21H,10-11,13-15,23H2/t21-/m0/s1. The van der Waals surface area contributed by atoms with Gasteiger partial charge in [-0.2, -0.15) is 0 Å². The van der Waals surface area contributed by atoms with Crippen LogP contribution in [0.15, 0.2) is 67.3 Å². The van der Waals surface area contributed by atoms with Crippen molar-refractivity contribution in [1.82, 2.24) is 14.5 Å². The average Bonchev–Trinajstić information content (AvgIpc) is 3.27. The molecule has 0 bridgehead atoms. The van der Waals surface area contributed by atoms with Gasteiger partial charge in [0.05, 0.1) is 19.0 Å². The minimum absolute atomic E-state index is 0.0281. The van der Waals surface area contributed by atoms with E-state index in [9.17, 15) is 4.79 Å². The molecule has 144 valence electrons. The fourth-order valence-corrected chi connectivity index (χ4v) is 3.45. The number of imidazole rings is 1.